The number of anilines is 2. The zero-order valence-corrected chi connectivity index (χ0v) is 35.6. The zero-order valence-electron chi connectivity index (χ0n) is 34.0. The molecule has 0 spiro atoms. The van der Waals surface area contributed by atoms with Crippen LogP contribution in [-0.4, -0.2) is 41.7 Å². The highest BCUT2D eigenvalue weighted by Gasteiger charge is 2.32. The Morgan fingerprint density at radius 2 is 1.48 bits per heavy atom. The monoisotopic (exact) mass is 856 g/mol. The minimum absolute atomic E-state index is 0.0639. The van der Waals surface area contributed by atoms with Crippen molar-refractivity contribution in [3.63, 3.8) is 0 Å². The standard InChI is InChI=1S/C51H44N4O5S2/c1-2-60-51(59)45-42-28-29-55(32-34-16-6-3-7-17-34)33-44(42)62-50(45)54-49(58)46(36-19-8-4-9-20-36)61-40-26-15-25-39(31-40)52-48(57)43(53-47(56)37-21-10-5-11-22-37)30-38-24-14-23-35-18-12-13-27-41(35)38/h3-27,30-31,46H,2,28-29,32-33H2,1H3,(H,52,57)(H,53,56)(H,54,58)/b43-30+. The summed E-state index contributed by atoms with van der Waals surface area (Å²) in [7, 11) is 0. The Morgan fingerprint density at radius 3 is 2.26 bits per heavy atom. The van der Waals surface area contributed by atoms with Gasteiger partial charge in [-0.25, -0.2) is 4.79 Å². The molecule has 1 unspecified atom stereocenters. The van der Waals surface area contributed by atoms with Gasteiger partial charge in [-0.1, -0.05) is 127 Å². The molecule has 1 aromatic heterocycles. The third-order valence-corrected chi connectivity index (χ3v) is 12.8. The number of benzene rings is 6. The van der Waals surface area contributed by atoms with Gasteiger partial charge < -0.3 is 20.7 Å². The van der Waals surface area contributed by atoms with E-state index in [2.05, 4.69) is 33.0 Å². The molecule has 0 saturated heterocycles. The Bertz CT molecular complexity index is 2750. The van der Waals surface area contributed by atoms with Crippen LogP contribution in [0.5, 0.6) is 0 Å². The number of ether oxygens (including phenoxy) is 1. The molecule has 1 atom stereocenters. The van der Waals surface area contributed by atoms with E-state index in [9.17, 15) is 19.2 Å². The predicted octanol–water partition coefficient (Wildman–Crippen LogP) is 10.5. The summed E-state index contributed by atoms with van der Waals surface area (Å²) in [5.41, 5.74) is 5.04. The summed E-state index contributed by atoms with van der Waals surface area (Å²) in [6.07, 6.45) is 2.34. The van der Waals surface area contributed by atoms with Gasteiger partial charge in [-0.2, -0.15) is 0 Å². The lowest BCUT2D eigenvalue weighted by Crippen LogP contribution is -2.30. The van der Waals surface area contributed by atoms with Crippen molar-refractivity contribution in [2.75, 3.05) is 23.8 Å². The fraction of sp³-hybridized carbons (Fsp3) is 0.137. The highest BCUT2D eigenvalue weighted by Crippen LogP contribution is 2.41. The van der Waals surface area contributed by atoms with Crippen LogP contribution in [0.15, 0.2) is 168 Å². The number of thioether (sulfide) groups is 1. The van der Waals surface area contributed by atoms with E-state index >= 15 is 0 Å². The van der Waals surface area contributed by atoms with Crippen LogP contribution >= 0.6 is 23.1 Å². The van der Waals surface area contributed by atoms with Crippen molar-refractivity contribution in [2.24, 2.45) is 0 Å². The van der Waals surface area contributed by atoms with Gasteiger partial charge in [0.2, 0.25) is 5.91 Å². The summed E-state index contributed by atoms with van der Waals surface area (Å²) in [6, 6.07) is 49.4. The van der Waals surface area contributed by atoms with E-state index in [-0.39, 0.29) is 18.2 Å². The Balaban J connectivity index is 1.05. The van der Waals surface area contributed by atoms with Crippen LogP contribution < -0.4 is 16.0 Å². The van der Waals surface area contributed by atoms with Crippen molar-refractivity contribution in [3.8, 4) is 0 Å². The molecule has 0 aliphatic carbocycles. The van der Waals surface area contributed by atoms with E-state index in [0.717, 1.165) is 45.4 Å². The molecule has 7 aromatic rings. The number of carbonyl (C=O) groups excluding carboxylic acids is 4. The summed E-state index contributed by atoms with van der Waals surface area (Å²) >= 11 is 2.75. The number of nitrogens with one attached hydrogen (secondary N) is 3. The number of hydrogen-bond acceptors (Lipinski definition) is 8. The maximum absolute atomic E-state index is 14.5. The van der Waals surface area contributed by atoms with Gasteiger partial charge in [0.1, 0.15) is 15.9 Å². The van der Waals surface area contributed by atoms with E-state index in [1.54, 1.807) is 49.4 Å². The van der Waals surface area contributed by atoms with Crippen LogP contribution in [0, 0.1) is 0 Å². The molecule has 0 saturated carbocycles. The molecule has 2 heterocycles. The first-order valence-corrected chi connectivity index (χ1v) is 22.1. The highest BCUT2D eigenvalue weighted by atomic mass is 32.2. The van der Waals surface area contributed by atoms with Crippen molar-refractivity contribution in [1.82, 2.24) is 10.2 Å². The number of thiophene rings is 1. The predicted molar refractivity (Wildman–Crippen MR) is 249 cm³/mol. The molecular weight excluding hydrogens is 813 g/mol. The number of carbonyl (C=O) groups is 4. The van der Waals surface area contributed by atoms with Crippen molar-refractivity contribution in [1.29, 1.82) is 0 Å². The number of hydrogen-bond donors (Lipinski definition) is 3. The molecule has 1 aliphatic rings. The first-order chi connectivity index (χ1) is 30.3. The Kier molecular flexibility index (Phi) is 13.3. The van der Waals surface area contributed by atoms with Gasteiger partial charge in [0.25, 0.3) is 11.8 Å². The lowest BCUT2D eigenvalue weighted by molar-refractivity contribution is -0.116. The second kappa shape index (κ2) is 19.7. The quantitative estimate of drug-likeness (QED) is 0.0567. The molecular formula is C51H44N4O5S2. The van der Waals surface area contributed by atoms with Gasteiger partial charge in [-0.05, 0) is 82.8 Å². The van der Waals surface area contributed by atoms with Crippen molar-refractivity contribution in [3.05, 3.63) is 202 Å². The average Bonchev–Trinajstić information content (AvgIpc) is 3.66. The molecule has 0 bridgehead atoms. The fourth-order valence-corrected chi connectivity index (χ4v) is 9.84. The first kappa shape index (κ1) is 41.9. The third kappa shape index (κ3) is 10.0. The summed E-state index contributed by atoms with van der Waals surface area (Å²) in [6.45, 7) is 4.20. The molecule has 0 radical (unpaired) electrons. The minimum atomic E-state index is -0.724. The van der Waals surface area contributed by atoms with Crippen LogP contribution in [0.4, 0.5) is 10.7 Å². The minimum Gasteiger partial charge on any atom is -0.462 e. The lowest BCUT2D eigenvalue weighted by atomic mass is 10.0. The lowest BCUT2D eigenvalue weighted by Gasteiger charge is -2.27. The van der Waals surface area contributed by atoms with Crippen LogP contribution in [0.3, 0.4) is 0 Å². The largest absolute Gasteiger partial charge is 0.462 e. The van der Waals surface area contributed by atoms with Gasteiger partial charge in [-0.3, -0.25) is 19.3 Å². The van der Waals surface area contributed by atoms with Crippen LogP contribution in [0.2, 0.25) is 0 Å². The second-order valence-corrected chi connectivity index (χ2v) is 17.0. The van der Waals surface area contributed by atoms with Gasteiger partial charge in [0.15, 0.2) is 0 Å². The average molecular weight is 857 g/mol. The molecule has 3 amide bonds. The third-order valence-electron chi connectivity index (χ3n) is 10.4. The topological polar surface area (TPSA) is 117 Å². The van der Waals surface area contributed by atoms with E-state index in [1.807, 2.05) is 109 Å². The molecule has 8 rings (SSSR count). The van der Waals surface area contributed by atoms with Crippen molar-refractivity contribution in [2.45, 2.75) is 36.6 Å². The number of esters is 1. The molecule has 9 nitrogen and oxygen atoms in total. The van der Waals surface area contributed by atoms with Crippen molar-refractivity contribution >= 4 is 74.3 Å². The Hall–Kier alpha value is -6.79. The van der Waals surface area contributed by atoms with Gasteiger partial charge in [0.05, 0.1) is 12.2 Å². The summed E-state index contributed by atoms with van der Waals surface area (Å²) in [5, 5.41) is 10.6. The summed E-state index contributed by atoms with van der Waals surface area (Å²) in [4.78, 5) is 59.6. The van der Waals surface area contributed by atoms with Gasteiger partial charge in [0, 0.05) is 40.7 Å². The SMILES string of the molecule is CCOC(=O)c1c(NC(=O)C(Sc2cccc(NC(=O)/C(=C\c3cccc4ccccc34)NC(=O)c3ccccc3)c2)c2ccccc2)sc2c1CCN(Cc1ccccc1)C2. The van der Waals surface area contributed by atoms with Crippen molar-refractivity contribution < 1.29 is 23.9 Å². The molecule has 310 valence electrons. The molecule has 1 aliphatic heterocycles. The maximum atomic E-state index is 14.5. The zero-order chi connectivity index (χ0) is 42.8. The van der Waals surface area contributed by atoms with Crippen LogP contribution in [0.25, 0.3) is 16.8 Å². The van der Waals surface area contributed by atoms with E-state index < -0.39 is 23.0 Å². The Labute approximate surface area is 368 Å². The van der Waals surface area contributed by atoms with Gasteiger partial charge >= 0.3 is 5.97 Å². The van der Waals surface area contributed by atoms with Crippen LogP contribution in [-0.2, 0) is 33.8 Å². The molecule has 3 N–H and O–H groups in total. The van der Waals surface area contributed by atoms with E-state index in [0.29, 0.717) is 39.7 Å². The highest BCUT2D eigenvalue weighted by molar-refractivity contribution is 8.00. The number of nitrogens with zero attached hydrogens (tertiary/aromatic N) is 1. The van der Waals surface area contributed by atoms with E-state index in [4.69, 9.17) is 4.74 Å². The molecule has 62 heavy (non-hydrogen) atoms. The summed E-state index contributed by atoms with van der Waals surface area (Å²) in [5.74, 6) is -1.68. The number of fused-ring (bicyclic) bond motifs is 2. The normalized spacial score (nSPS) is 13.1. The molecule has 0 fully saturated rings. The van der Waals surface area contributed by atoms with Gasteiger partial charge in [-0.15, -0.1) is 23.1 Å². The maximum Gasteiger partial charge on any atom is 0.341 e. The Morgan fingerprint density at radius 1 is 0.790 bits per heavy atom. The second-order valence-electron chi connectivity index (χ2n) is 14.7. The fourth-order valence-electron chi connectivity index (χ4n) is 7.47. The van der Waals surface area contributed by atoms with Crippen LogP contribution in [0.1, 0.15) is 60.0 Å². The number of amides is 3. The van der Waals surface area contributed by atoms with E-state index in [1.165, 1.54) is 28.7 Å². The number of rotatable bonds is 14. The molecule has 11 heteroatoms. The first-order valence-electron chi connectivity index (χ1n) is 20.4. The molecule has 6 aromatic carbocycles. The summed E-state index contributed by atoms with van der Waals surface area (Å²) < 4.78 is 5.53. The smallest absolute Gasteiger partial charge is 0.341 e.